The minimum Gasteiger partial charge on any atom is -0.340 e. The molecule has 0 unspecified atom stereocenters. The van der Waals surface area contributed by atoms with Crippen LogP contribution in [0.1, 0.15) is 6.92 Å². The van der Waals surface area contributed by atoms with Gasteiger partial charge in [-0.3, -0.25) is 4.79 Å². The fourth-order valence-corrected chi connectivity index (χ4v) is 2.76. The third-order valence-electron chi connectivity index (χ3n) is 4.09. The van der Waals surface area contributed by atoms with Crippen molar-refractivity contribution in [3.63, 3.8) is 0 Å². The molecule has 8 nitrogen and oxygen atoms in total. The van der Waals surface area contributed by atoms with Crippen LogP contribution < -0.4 is 16.0 Å². The second-order valence-corrected chi connectivity index (χ2v) is 6.31. The van der Waals surface area contributed by atoms with Gasteiger partial charge in [0.2, 0.25) is 5.91 Å². The lowest BCUT2D eigenvalue weighted by molar-refractivity contribution is -0.114. The average molecular weight is 385 g/mol. The number of carbonyl (C=O) groups is 1. The van der Waals surface area contributed by atoms with Crippen molar-refractivity contribution in [2.45, 2.75) is 6.92 Å². The zero-order valence-corrected chi connectivity index (χ0v) is 15.7. The van der Waals surface area contributed by atoms with Gasteiger partial charge < -0.3 is 20.5 Å². The normalized spacial score (nSPS) is 10.4. The molecule has 0 aliphatic rings. The van der Waals surface area contributed by atoms with Crippen LogP contribution in [0.3, 0.4) is 0 Å². The fraction of sp³-hybridized carbons (Fsp3) is 0.0476. The van der Waals surface area contributed by atoms with Crippen LogP contribution in [0.15, 0.2) is 79.6 Å². The monoisotopic (exact) mass is 385 g/mol. The van der Waals surface area contributed by atoms with Gasteiger partial charge in [-0.1, -0.05) is 0 Å². The molecule has 0 atom stereocenters. The van der Waals surface area contributed by atoms with E-state index in [4.69, 9.17) is 0 Å². The summed E-state index contributed by atoms with van der Waals surface area (Å²) >= 11 is 0. The number of nitrogens with one attached hydrogen (secondary N) is 3. The fourth-order valence-electron chi connectivity index (χ4n) is 2.76. The van der Waals surface area contributed by atoms with Gasteiger partial charge in [0.15, 0.2) is 0 Å². The zero-order valence-electron chi connectivity index (χ0n) is 15.7. The topological polar surface area (TPSA) is 96.8 Å². The van der Waals surface area contributed by atoms with E-state index in [1.807, 2.05) is 65.4 Å². The van der Waals surface area contributed by atoms with Crippen LogP contribution in [-0.4, -0.2) is 25.4 Å². The van der Waals surface area contributed by atoms with E-state index in [2.05, 4.69) is 30.9 Å². The Kier molecular flexibility index (Phi) is 5.15. The predicted octanol–water partition coefficient (Wildman–Crippen LogP) is 4.11. The van der Waals surface area contributed by atoms with Crippen LogP contribution in [0.4, 0.5) is 28.7 Å². The number of anilines is 5. The molecule has 4 rings (SSSR count). The first kappa shape index (κ1) is 18.2. The molecular formula is C21H19N7O. The number of aromatic nitrogens is 4. The molecule has 2 heterocycles. The Morgan fingerprint density at radius 3 is 2.00 bits per heavy atom. The van der Waals surface area contributed by atoms with Crippen molar-refractivity contribution in [1.29, 1.82) is 0 Å². The number of hydrogen-bond donors (Lipinski definition) is 3. The van der Waals surface area contributed by atoms with Crippen LogP contribution in [0.25, 0.3) is 5.69 Å². The molecule has 0 saturated heterocycles. The molecule has 0 aliphatic heterocycles. The summed E-state index contributed by atoms with van der Waals surface area (Å²) in [5.74, 6) is 1.23. The lowest BCUT2D eigenvalue weighted by Crippen LogP contribution is -2.05. The lowest BCUT2D eigenvalue weighted by atomic mass is 10.2. The third-order valence-corrected chi connectivity index (χ3v) is 4.09. The summed E-state index contributed by atoms with van der Waals surface area (Å²) in [6.07, 6.45) is 6.90. The molecule has 0 aliphatic carbocycles. The maximum absolute atomic E-state index is 11.1. The number of carbonyl (C=O) groups excluding carboxylic acids is 1. The molecule has 0 saturated carbocycles. The Hall–Kier alpha value is -4.20. The quantitative estimate of drug-likeness (QED) is 0.462. The Morgan fingerprint density at radius 2 is 1.45 bits per heavy atom. The molecule has 0 fully saturated rings. The van der Waals surface area contributed by atoms with Crippen molar-refractivity contribution < 1.29 is 4.79 Å². The molecule has 2 aromatic carbocycles. The first-order chi connectivity index (χ1) is 14.2. The largest absolute Gasteiger partial charge is 0.340 e. The molecule has 4 aromatic rings. The molecule has 1 amide bonds. The number of rotatable bonds is 6. The van der Waals surface area contributed by atoms with E-state index in [0.717, 1.165) is 22.7 Å². The molecule has 29 heavy (non-hydrogen) atoms. The molecule has 3 N–H and O–H groups in total. The Morgan fingerprint density at radius 1 is 0.862 bits per heavy atom. The number of imidazole rings is 1. The van der Waals surface area contributed by atoms with Crippen molar-refractivity contribution >= 4 is 34.6 Å². The van der Waals surface area contributed by atoms with Crippen molar-refractivity contribution in [3.05, 3.63) is 79.6 Å². The van der Waals surface area contributed by atoms with Gasteiger partial charge in [-0.2, -0.15) is 0 Å². The number of amides is 1. The van der Waals surface area contributed by atoms with Crippen LogP contribution in [0.2, 0.25) is 0 Å². The van der Waals surface area contributed by atoms with Crippen molar-refractivity contribution in [2.75, 3.05) is 16.0 Å². The third kappa shape index (κ3) is 4.75. The minimum atomic E-state index is -0.102. The van der Waals surface area contributed by atoms with E-state index in [1.54, 1.807) is 12.5 Å². The predicted molar refractivity (Wildman–Crippen MR) is 113 cm³/mol. The lowest BCUT2D eigenvalue weighted by Gasteiger charge is -2.10. The first-order valence-electron chi connectivity index (χ1n) is 8.98. The van der Waals surface area contributed by atoms with Gasteiger partial charge in [-0.25, -0.2) is 15.0 Å². The highest BCUT2D eigenvalue weighted by Crippen LogP contribution is 2.21. The molecule has 144 valence electrons. The van der Waals surface area contributed by atoms with Gasteiger partial charge in [0.1, 0.15) is 18.0 Å². The number of benzene rings is 2. The molecule has 8 heteroatoms. The number of nitrogens with zero attached hydrogens (tertiary/aromatic N) is 4. The summed E-state index contributed by atoms with van der Waals surface area (Å²) in [5.41, 5.74) is 3.54. The highest BCUT2D eigenvalue weighted by atomic mass is 16.1. The Bertz CT molecular complexity index is 1090. The van der Waals surface area contributed by atoms with E-state index in [-0.39, 0.29) is 5.91 Å². The first-order valence-corrected chi connectivity index (χ1v) is 8.98. The Labute approximate surface area is 167 Å². The second kappa shape index (κ2) is 8.22. The summed E-state index contributed by atoms with van der Waals surface area (Å²) in [5, 5.41) is 9.23. The highest BCUT2D eigenvalue weighted by Gasteiger charge is 2.03. The smallest absolute Gasteiger partial charge is 0.221 e. The van der Waals surface area contributed by atoms with Crippen molar-refractivity contribution in [2.24, 2.45) is 0 Å². The SMILES string of the molecule is CC(=O)Nc1ccc(Nc2cc(Nc3ccc(-n4ccnc4)cc3)ncn2)cc1. The molecular weight excluding hydrogens is 366 g/mol. The molecule has 2 aromatic heterocycles. The molecule has 0 bridgehead atoms. The van der Waals surface area contributed by atoms with E-state index < -0.39 is 0 Å². The van der Waals surface area contributed by atoms with Gasteiger partial charge in [0.25, 0.3) is 0 Å². The number of hydrogen-bond acceptors (Lipinski definition) is 6. The highest BCUT2D eigenvalue weighted by molar-refractivity contribution is 5.88. The van der Waals surface area contributed by atoms with E-state index in [0.29, 0.717) is 11.6 Å². The van der Waals surface area contributed by atoms with Gasteiger partial charge in [-0.15, -0.1) is 0 Å². The van der Waals surface area contributed by atoms with Gasteiger partial charge >= 0.3 is 0 Å². The van der Waals surface area contributed by atoms with Crippen molar-refractivity contribution in [3.8, 4) is 5.69 Å². The van der Waals surface area contributed by atoms with Gasteiger partial charge in [0, 0.05) is 48.1 Å². The molecule has 0 radical (unpaired) electrons. The van der Waals surface area contributed by atoms with Crippen LogP contribution in [0, 0.1) is 0 Å². The van der Waals surface area contributed by atoms with Crippen LogP contribution in [0.5, 0.6) is 0 Å². The molecule has 0 spiro atoms. The summed E-state index contributed by atoms with van der Waals surface area (Å²) in [7, 11) is 0. The summed E-state index contributed by atoms with van der Waals surface area (Å²) < 4.78 is 1.94. The van der Waals surface area contributed by atoms with Gasteiger partial charge in [0.05, 0.1) is 6.33 Å². The van der Waals surface area contributed by atoms with E-state index >= 15 is 0 Å². The Balaban J connectivity index is 1.42. The van der Waals surface area contributed by atoms with E-state index in [9.17, 15) is 4.79 Å². The average Bonchev–Trinajstić information content (AvgIpc) is 3.25. The summed E-state index contributed by atoms with van der Waals surface area (Å²) in [4.78, 5) is 23.7. The minimum absolute atomic E-state index is 0.102. The van der Waals surface area contributed by atoms with E-state index in [1.165, 1.54) is 13.3 Å². The van der Waals surface area contributed by atoms with Crippen LogP contribution in [-0.2, 0) is 4.79 Å². The zero-order chi connectivity index (χ0) is 20.1. The van der Waals surface area contributed by atoms with Crippen LogP contribution >= 0.6 is 0 Å². The second-order valence-electron chi connectivity index (χ2n) is 6.31. The standard InChI is InChI=1S/C21H19N7O/c1-15(29)25-16-2-4-17(5-3-16)26-20-12-21(24-13-23-20)27-18-6-8-19(9-7-18)28-11-10-22-14-28/h2-14H,1H3,(H,25,29)(H2,23,24,26,27). The van der Waals surface area contributed by atoms with Gasteiger partial charge in [-0.05, 0) is 48.5 Å². The summed E-state index contributed by atoms with van der Waals surface area (Å²) in [6, 6.07) is 17.2. The maximum Gasteiger partial charge on any atom is 0.221 e. The van der Waals surface area contributed by atoms with Crippen molar-refractivity contribution in [1.82, 2.24) is 19.5 Å². The summed E-state index contributed by atoms with van der Waals surface area (Å²) in [6.45, 7) is 1.48. The maximum atomic E-state index is 11.1.